The Morgan fingerprint density at radius 3 is 2.84 bits per heavy atom. The van der Waals surface area contributed by atoms with Gasteiger partial charge < -0.3 is 19.7 Å². The minimum absolute atomic E-state index is 0.232. The number of imidazole rings is 1. The summed E-state index contributed by atoms with van der Waals surface area (Å²) >= 11 is 0. The molecule has 154 valence electrons. The minimum Gasteiger partial charge on any atom is -0.391 e. The maximum atomic E-state index is 9.78. The Labute approximate surface area is 179 Å². The number of fused-ring (bicyclic) bond motifs is 2. The Morgan fingerprint density at radius 1 is 1.10 bits per heavy atom. The van der Waals surface area contributed by atoms with Crippen molar-refractivity contribution in [2.24, 2.45) is 4.99 Å². The summed E-state index contributed by atoms with van der Waals surface area (Å²) in [4.78, 5) is 15.9. The maximum absolute atomic E-state index is 9.78. The molecule has 4 aromatic rings. The first-order valence-corrected chi connectivity index (χ1v) is 10.5. The van der Waals surface area contributed by atoms with Crippen LogP contribution in [-0.2, 0) is 6.54 Å². The average molecular weight is 410 g/mol. The number of aliphatic hydroxyl groups excluding tert-OH is 1. The van der Waals surface area contributed by atoms with E-state index in [1.165, 1.54) is 11.1 Å². The molecule has 1 unspecified atom stereocenters. The Morgan fingerprint density at radius 2 is 2.00 bits per heavy atom. The molecule has 31 heavy (non-hydrogen) atoms. The van der Waals surface area contributed by atoms with Crippen LogP contribution in [-0.4, -0.2) is 44.9 Å². The number of β-amino-alcohol motifs (C(OH)–C–C–N with tert-alkyl or cyclic N) is 1. The lowest BCUT2D eigenvalue weighted by molar-refractivity contribution is 0.198. The molecule has 0 amide bonds. The molecule has 2 aromatic heterocycles. The standard InChI is InChI=1S/C24H22N6O/c31-21-7-9-29(14-21)20-5-3-19(4-6-20)27-23-24-26-8-10-30(24)15-22(28-23)16-1-2-17-12-25-13-18(17)11-16/h1-6,8,10-12,15,21,31H,7,9,13-14H2,(H,27,28). The summed E-state index contributed by atoms with van der Waals surface area (Å²) in [5, 5.41) is 13.2. The molecule has 2 N–H and O–H groups in total. The van der Waals surface area contributed by atoms with Crippen LogP contribution in [0, 0.1) is 0 Å². The average Bonchev–Trinajstić information content (AvgIpc) is 3.54. The number of hydrogen-bond donors (Lipinski definition) is 2. The first-order chi connectivity index (χ1) is 15.2. The van der Waals surface area contributed by atoms with Gasteiger partial charge in [0.25, 0.3) is 0 Å². The lowest BCUT2D eigenvalue weighted by atomic mass is 10.0. The van der Waals surface area contributed by atoms with E-state index >= 15 is 0 Å². The van der Waals surface area contributed by atoms with Gasteiger partial charge in [-0.1, -0.05) is 12.1 Å². The Hall–Kier alpha value is -3.71. The number of benzene rings is 2. The zero-order valence-corrected chi connectivity index (χ0v) is 16.9. The number of hydrogen-bond acceptors (Lipinski definition) is 6. The fraction of sp³-hybridized carbons (Fsp3) is 0.208. The summed E-state index contributed by atoms with van der Waals surface area (Å²) < 4.78 is 1.99. The van der Waals surface area contributed by atoms with Crippen molar-refractivity contribution >= 4 is 29.1 Å². The van der Waals surface area contributed by atoms with Gasteiger partial charge in [0.15, 0.2) is 11.5 Å². The quantitative estimate of drug-likeness (QED) is 0.537. The molecule has 0 saturated carbocycles. The molecule has 1 saturated heterocycles. The molecule has 1 atom stereocenters. The van der Waals surface area contributed by atoms with Crippen molar-refractivity contribution in [1.29, 1.82) is 0 Å². The second-order valence-electron chi connectivity index (χ2n) is 8.08. The van der Waals surface area contributed by atoms with Crippen molar-refractivity contribution in [2.45, 2.75) is 19.1 Å². The number of aromatic nitrogens is 3. The Bertz CT molecular complexity index is 1290. The van der Waals surface area contributed by atoms with Gasteiger partial charge in [-0.2, -0.15) is 0 Å². The molecule has 4 heterocycles. The highest BCUT2D eigenvalue weighted by Gasteiger charge is 2.20. The molecule has 2 aliphatic heterocycles. The van der Waals surface area contributed by atoms with Crippen molar-refractivity contribution in [1.82, 2.24) is 14.4 Å². The highest BCUT2D eigenvalue weighted by atomic mass is 16.3. The molecule has 6 rings (SSSR count). The summed E-state index contributed by atoms with van der Waals surface area (Å²) in [7, 11) is 0. The molecule has 1 fully saturated rings. The van der Waals surface area contributed by atoms with Crippen LogP contribution in [0.2, 0.25) is 0 Å². The van der Waals surface area contributed by atoms with Gasteiger partial charge in [-0.15, -0.1) is 0 Å². The molecule has 0 bridgehead atoms. The molecular weight excluding hydrogens is 388 g/mol. The van der Waals surface area contributed by atoms with E-state index in [-0.39, 0.29) is 6.10 Å². The van der Waals surface area contributed by atoms with E-state index < -0.39 is 0 Å². The molecule has 7 nitrogen and oxygen atoms in total. The number of nitrogens with one attached hydrogen (secondary N) is 1. The highest BCUT2D eigenvalue weighted by molar-refractivity contribution is 5.86. The molecule has 7 heteroatoms. The van der Waals surface area contributed by atoms with Gasteiger partial charge in [0.2, 0.25) is 0 Å². The van der Waals surface area contributed by atoms with E-state index in [0.29, 0.717) is 12.4 Å². The largest absolute Gasteiger partial charge is 0.391 e. The van der Waals surface area contributed by atoms with E-state index in [9.17, 15) is 5.11 Å². The lowest BCUT2D eigenvalue weighted by Crippen LogP contribution is -2.20. The predicted octanol–water partition coefficient (Wildman–Crippen LogP) is 3.64. The summed E-state index contributed by atoms with van der Waals surface area (Å²) in [6.45, 7) is 2.30. The van der Waals surface area contributed by atoms with Gasteiger partial charge in [-0.25, -0.2) is 9.97 Å². The first kappa shape index (κ1) is 18.1. The summed E-state index contributed by atoms with van der Waals surface area (Å²) in [6, 6.07) is 14.6. The van der Waals surface area contributed by atoms with Crippen molar-refractivity contribution in [2.75, 3.05) is 23.3 Å². The van der Waals surface area contributed by atoms with Crippen LogP contribution >= 0.6 is 0 Å². The van der Waals surface area contributed by atoms with Crippen molar-refractivity contribution in [3.8, 4) is 11.3 Å². The van der Waals surface area contributed by atoms with E-state index in [4.69, 9.17) is 4.98 Å². The number of anilines is 3. The second kappa shape index (κ2) is 7.21. The van der Waals surface area contributed by atoms with Crippen molar-refractivity contribution in [3.05, 3.63) is 72.2 Å². The molecule has 0 radical (unpaired) electrons. The van der Waals surface area contributed by atoms with Crippen LogP contribution in [0.3, 0.4) is 0 Å². The summed E-state index contributed by atoms with van der Waals surface area (Å²) in [5.41, 5.74) is 7.19. The zero-order valence-electron chi connectivity index (χ0n) is 16.9. The summed E-state index contributed by atoms with van der Waals surface area (Å²) in [6.07, 6.45) is 8.24. The fourth-order valence-corrected chi connectivity index (χ4v) is 4.29. The monoisotopic (exact) mass is 410 g/mol. The van der Waals surface area contributed by atoms with Crippen LogP contribution in [0.25, 0.3) is 16.9 Å². The van der Waals surface area contributed by atoms with Crippen LogP contribution in [0.5, 0.6) is 0 Å². The number of rotatable bonds is 4. The van der Waals surface area contributed by atoms with Gasteiger partial charge in [-0.05, 0) is 47.9 Å². The normalized spacial score (nSPS) is 17.5. The third-order valence-corrected chi connectivity index (χ3v) is 5.96. The topological polar surface area (TPSA) is 78.0 Å². The number of aliphatic hydroxyl groups is 1. The maximum Gasteiger partial charge on any atom is 0.180 e. The number of nitrogens with zero attached hydrogens (tertiary/aromatic N) is 5. The molecule has 2 aliphatic rings. The molecule has 0 spiro atoms. The second-order valence-corrected chi connectivity index (χ2v) is 8.08. The lowest BCUT2D eigenvalue weighted by Gasteiger charge is -2.18. The van der Waals surface area contributed by atoms with Crippen molar-refractivity contribution in [3.63, 3.8) is 0 Å². The Kier molecular flexibility index (Phi) is 4.21. The van der Waals surface area contributed by atoms with Crippen LogP contribution in [0.1, 0.15) is 17.5 Å². The zero-order chi connectivity index (χ0) is 20.8. The van der Waals surface area contributed by atoms with Crippen LogP contribution in [0.4, 0.5) is 17.2 Å². The van der Waals surface area contributed by atoms with Gasteiger partial charge in [0.05, 0.1) is 18.3 Å². The van der Waals surface area contributed by atoms with E-state index in [1.54, 1.807) is 6.20 Å². The van der Waals surface area contributed by atoms with Gasteiger partial charge >= 0.3 is 0 Å². The van der Waals surface area contributed by atoms with Gasteiger partial charge in [-0.3, -0.25) is 4.99 Å². The van der Waals surface area contributed by atoms with Crippen molar-refractivity contribution < 1.29 is 5.11 Å². The molecular formula is C24H22N6O. The van der Waals surface area contributed by atoms with Gasteiger partial charge in [0.1, 0.15) is 0 Å². The fourth-order valence-electron chi connectivity index (χ4n) is 4.29. The third kappa shape index (κ3) is 3.33. The van der Waals surface area contributed by atoms with E-state index in [0.717, 1.165) is 47.8 Å². The van der Waals surface area contributed by atoms with E-state index in [2.05, 4.69) is 50.5 Å². The smallest absolute Gasteiger partial charge is 0.180 e. The SMILES string of the molecule is OC1CCN(c2ccc(Nc3nc(-c4ccc5c(c4)CN=C5)cn4ccnc34)cc2)C1. The highest BCUT2D eigenvalue weighted by Crippen LogP contribution is 2.28. The Balaban J connectivity index is 1.32. The number of aliphatic imine (C=N–C) groups is 1. The molecule has 0 aliphatic carbocycles. The van der Waals surface area contributed by atoms with Crippen LogP contribution < -0.4 is 10.2 Å². The molecule has 2 aromatic carbocycles. The van der Waals surface area contributed by atoms with Gasteiger partial charge in [0, 0.05) is 54.8 Å². The van der Waals surface area contributed by atoms with E-state index in [1.807, 2.05) is 35.1 Å². The third-order valence-electron chi connectivity index (χ3n) is 5.96. The first-order valence-electron chi connectivity index (χ1n) is 10.5. The minimum atomic E-state index is -0.232. The predicted molar refractivity (Wildman–Crippen MR) is 122 cm³/mol. The summed E-state index contributed by atoms with van der Waals surface area (Å²) in [5.74, 6) is 0.712. The van der Waals surface area contributed by atoms with Crippen LogP contribution in [0.15, 0.2) is 66.0 Å².